The van der Waals surface area contributed by atoms with Crippen LogP contribution in [0.4, 0.5) is 4.39 Å². The summed E-state index contributed by atoms with van der Waals surface area (Å²) in [7, 11) is 0. The number of ketones is 1. The van der Waals surface area contributed by atoms with E-state index in [-0.39, 0.29) is 11.3 Å². The van der Waals surface area contributed by atoms with Gasteiger partial charge in [-0.3, -0.25) is 9.78 Å². The van der Waals surface area contributed by atoms with Crippen molar-refractivity contribution in [2.75, 3.05) is 0 Å². The molecule has 21 heavy (non-hydrogen) atoms. The van der Waals surface area contributed by atoms with Crippen molar-refractivity contribution in [1.29, 1.82) is 0 Å². The SMILES string of the molecule is Cc1ccc2cc(C(=O)c3cc(Br)ccc3F)ccc2n1. The number of nitrogens with zero attached hydrogens (tertiary/aromatic N) is 1. The highest BCUT2D eigenvalue weighted by atomic mass is 79.9. The zero-order valence-corrected chi connectivity index (χ0v) is 12.8. The third-order valence-corrected chi connectivity index (χ3v) is 3.76. The molecule has 0 saturated carbocycles. The van der Waals surface area contributed by atoms with E-state index in [9.17, 15) is 9.18 Å². The van der Waals surface area contributed by atoms with Gasteiger partial charge in [0.05, 0.1) is 11.1 Å². The number of hydrogen-bond acceptors (Lipinski definition) is 2. The maximum absolute atomic E-state index is 13.8. The van der Waals surface area contributed by atoms with Crippen molar-refractivity contribution < 1.29 is 9.18 Å². The van der Waals surface area contributed by atoms with Gasteiger partial charge in [0.1, 0.15) is 5.82 Å². The largest absolute Gasteiger partial charge is 0.288 e. The summed E-state index contributed by atoms with van der Waals surface area (Å²) in [6.07, 6.45) is 0. The second kappa shape index (κ2) is 5.37. The van der Waals surface area contributed by atoms with Crippen LogP contribution in [0.3, 0.4) is 0 Å². The van der Waals surface area contributed by atoms with Gasteiger partial charge in [0.25, 0.3) is 0 Å². The Hall–Kier alpha value is -2.07. The van der Waals surface area contributed by atoms with E-state index in [0.717, 1.165) is 16.6 Å². The topological polar surface area (TPSA) is 30.0 Å². The first-order valence-electron chi connectivity index (χ1n) is 6.42. The quantitative estimate of drug-likeness (QED) is 0.632. The molecule has 0 aliphatic heterocycles. The number of carbonyl (C=O) groups is 1. The molecule has 1 aromatic heterocycles. The average molecular weight is 344 g/mol. The first kappa shape index (κ1) is 13.9. The lowest BCUT2D eigenvalue weighted by Gasteiger charge is -2.05. The van der Waals surface area contributed by atoms with Gasteiger partial charge < -0.3 is 0 Å². The van der Waals surface area contributed by atoms with Gasteiger partial charge in [0, 0.05) is 21.1 Å². The van der Waals surface area contributed by atoms with Crippen LogP contribution in [-0.2, 0) is 0 Å². The number of halogens is 2. The maximum Gasteiger partial charge on any atom is 0.196 e. The second-order valence-corrected chi connectivity index (χ2v) is 5.73. The average Bonchev–Trinajstić information content (AvgIpc) is 2.48. The first-order chi connectivity index (χ1) is 10.0. The maximum atomic E-state index is 13.8. The Balaban J connectivity index is 2.09. The van der Waals surface area contributed by atoms with Gasteiger partial charge in [-0.05, 0) is 49.4 Å². The minimum Gasteiger partial charge on any atom is -0.288 e. The van der Waals surface area contributed by atoms with Crippen LogP contribution >= 0.6 is 15.9 Å². The molecular formula is C17H11BrFNO. The number of pyridine rings is 1. The Kier molecular flexibility index (Phi) is 3.55. The summed E-state index contributed by atoms with van der Waals surface area (Å²) in [6, 6.07) is 13.3. The Morgan fingerprint density at radius 2 is 1.90 bits per heavy atom. The highest BCUT2D eigenvalue weighted by Crippen LogP contribution is 2.21. The highest BCUT2D eigenvalue weighted by molar-refractivity contribution is 9.10. The molecule has 0 radical (unpaired) electrons. The smallest absolute Gasteiger partial charge is 0.196 e. The monoisotopic (exact) mass is 343 g/mol. The minimum absolute atomic E-state index is 0.0591. The molecule has 0 aliphatic carbocycles. The number of carbonyl (C=O) groups excluding carboxylic acids is 1. The van der Waals surface area contributed by atoms with E-state index in [0.29, 0.717) is 10.0 Å². The van der Waals surface area contributed by atoms with Crippen LogP contribution in [0.1, 0.15) is 21.6 Å². The number of hydrogen-bond donors (Lipinski definition) is 0. The van der Waals surface area contributed by atoms with Crippen molar-refractivity contribution in [1.82, 2.24) is 4.98 Å². The zero-order valence-electron chi connectivity index (χ0n) is 11.2. The fraction of sp³-hybridized carbons (Fsp3) is 0.0588. The van der Waals surface area contributed by atoms with E-state index in [1.807, 2.05) is 19.1 Å². The fourth-order valence-electron chi connectivity index (χ4n) is 2.20. The van der Waals surface area contributed by atoms with Crippen LogP contribution < -0.4 is 0 Å². The van der Waals surface area contributed by atoms with Gasteiger partial charge in [-0.1, -0.05) is 22.0 Å². The molecule has 0 bridgehead atoms. The van der Waals surface area contributed by atoms with Gasteiger partial charge >= 0.3 is 0 Å². The number of fused-ring (bicyclic) bond motifs is 1. The standard InChI is InChI=1S/C17H11BrFNO/c1-10-2-3-11-8-12(4-7-16(11)20-10)17(21)14-9-13(18)5-6-15(14)19/h2-9H,1H3. The molecule has 0 unspecified atom stereocenters. The van der Waals surface area contributed by atoms with Crippen molar-refractivity contribution in [3.63, 3.8) is 0 Å². The van der Waals surface area contributed by atoms with Crippen LogP contribution in [0, 0.1) is 12.7 Å². The lowest BCUT2D eigenvalue weighted by Crippen LogP contribution is -2.04. The molecule has 2 nitrogen and oxygen atoms in total. The summed E-state index contributed by atoms with van der Waals surface area (Å²) in [5, 5.41) is 0.863. The van der Waals surface area contributed by atoms with Crippen LogP contribution in [0.2, 0.25) is 0 Å². The Morgan fingerprint density at radius 3 is 2.71 bits per heavy atom. The summed E-state index contributed by atoms with van der Waals surface area (Å²) in [5.41, 5.74) is 2.25. The molecule has 0 amide bonds. The van der Waals surface area contributed by atoms with E-state index >= 15 is 0 Å². The lowest BCUT2D eigenvalue weighted by atomic mass is 10.0. The Labute approximate surface area is 129 Å². The molecule has 0 N–H and O–H groups in total. The molecule has 104 valence electrons. The van der Waals surface area contributed by atoms with Crippen molar-refractivity contribution in [3.05, 3.63) is 75.6 Å². The van der Waals surface area contributed by atoms with E-state index in [2.05, 4.69) is 20.9 Å². The predicted molar refractivity (Wildman–Crippen MR) is 84.0 cm³/mol. The van der Waals surface area contributed by atoms with Crippen LogP contribution in [0.15, 0.2) is 53.0 Å². The van der Waals surface area contributed by atoms with E-state index in [1.165, 1.54) is 12.1 Å². The number of aromatic nitrogens is 1. The van der Waals surface area contributed by atoms with Crippen molar-refractivity contribution in [2.45, 2.75) is 6.92 Å². The normalized spacial score (nSPS) is 10.8. The lowest BCUT2D eigenvalue weighted by molar-refractivity contribution is 0.103. The number of benzene rings is 2. The van der Waals surface area contributed by atoms with Crippen LogP contribution in [0.5, 0.6) is 0 Å². The molecule has 2 aromatic carbocycles. The summed E-state index contributed by atoms with van der Waals surface area (Å²) in [6.45, 7) is 1.91. The van der Waals surface area contributed by atoms with Crippen LogP contribution in [0.25, 0.3) is 10.9 Å². The van der Waals surface area contributed by atoms with Gasteiger partial charge in [0.15, 0.2) is 5.78 Å². The first-order valence-corrected chi connectivity index (χ1v) is 7.21. The molecule has 3 rings (SSSR count). The van der Waals surface area contributed by atoms with E-state index in [1.54, 1.807) is 24.3 Å². The minimum atomic E-state index is -0.523. The summed E-state index contributed by atoms with van der Waals surface area (Å²) in [5.74, 6) is -0.860. The van der Waals surface area contributed by atoms with E-state index in [4.69, 9.17) is 0 Å². The highest BCUT2D eigenvalue weighted by Gasteiger charge is 2.15. The molecule has 3 aromatic rings. The van der Waals surface area contributed by atoms with Crippen LogP contribution in [-0.4, -0.2) is 10.8 Å². The number of rotatable bonds is 2. The van der Waals surface area contributed by atoms with Crippen molar-refractivity contribution >= 4 is 32.6 Å². The second-order valence-electron chi connectivity index (χ2n) is 4.81. The predicted octanol–water partition coefficient (Wildman–Crippen LogP) is 4.68. The third-order valence-electron chi connectivity index (χ3n) is 3.26. The molecule has 0 aliphatic rings. The van der Waals surface area contributed by atoms with Gasteiger partial charge in [-0.15, -0.1) is 0 Å². The summed E-state index contributed by atoms with van der Waals surface area (Å²) < 4.78 is 14.5. The molecule has 4 heteroatoms. The fourth-order valence-corrected chi connectivity index (χ4v) is 2.56. The number of aryl methyl sites for hydroxylation is 1. The molecule has 0 atom stereocenters. The van der Waals surface area contributed by atoms with E-state index < -0.39 is 5.82 Å². The molecule has 1 heterocycles. The Bertz CT molecular complexity index is 861. The van der Waals surface area contributed by atoms with Gasteiger partial charge in [0.2, 0.25) is 0 Å². The summed E-state index contributed by atoms with van der Waals surface area (Å²) >= 11 is 3.26. The van der Waals surface area contributed by atoms with Crippen molar-refractivity contribution in [2.24, 2.45) is 0 Å². The molecule has 0 saturated heterocycles. The van der Waals surface area contributed by atoms with Crippen molar-refractivity contribution in [3.8, 4) is 0 Å². The zero-order chi connectivity index (χ0) is 15.0. The molecular weight excluding hydrogens is 333 g/mol. The van der Waals surface area contributed by atoms with Gasteiger partial charge in [-0.2, -0.15) is 0 Å². The summed E-state index contributed by atoms with van der Waals surface area (Å²) in [4.78, 5) is 16.8. The van der Waals surface area contributed by atoms with Gasteiger partial charge in [-0.25, -0.2) is 4.39 Å². The Morgan fingerprint density at radius 1 is 1.10 bits per heavy atom. The molecule has 0 fully saturated rings. The molecule has 0 spiro atoms. The third kappa shape index (κ3) is 2.72.